The van der Waals surface area contributed by atoms with E-state index in [0.717, 1.165) is 17.1 Å². The van der Waals surface area contributed by atoms with E-state index in [1.54, 1.807) is 6.07 Å². The summed E-state index contributed by atoms with van der Waals surface area (Å²) < 4.78 is 0. The fraction of sp³-hybridized carbons (Fsp3) is 0.0769. The predicted molar refractivity (Wildman–Crippen MR) is 75.4 cm³/mol. The van der Waals surface area contributed by atoms with Crippen molar-refractivity contribution in [3.05, 3.63) is 52.5 Å². The Morgan fingerprint density at radius 3 is 2.06 bits per heavy atom. The minimum absolute atomic E-state index is 0.548. The van der Waals surface area contributed by atoms with Crippen LogP contribution in [0.1, 0.15) is 0 Å². The molecule has 0 amide bonds. The fourth-order valence-corrected chi connectivity index (χ4v) is 1.83. The van der Waals surface area contributed by atoms with E-state index < -0.39 is 0 Å². The molecule has 0 spiro atoms. The summed E-state index contributed by atoms with van der Waals surface area (Å²) >= 11 is 11.9. The SMILES string of the molecule is CN(c1ccc(N)cc1)c1ccc(Cl)c(Cl)c1. The fourth-order valence-electron chi connectivity index (χ4n) is 1.54. The number of nitrogens with zero attached hydrogens (tertiary/aromatic N) is 1. The quantitative estimate of drug-likeness (QED) is 0.820. The summed E-state index contributed by atoms with van der Waals surface area (Å²) in [5.41, 5.74) is 8.41. The lowest BCUT2D eigenvalue weighted by Crippen LogP contribution is -2.09. The summed E-state index contributed by atoms with van der Waals surface area (Å²) in [5.74, 6) is 0. The molecule has 0 bridgehead atoms. The average Bonchev–Trinajstić information content (AvgIpc) is 2.33. The molecule has 0 saturated carbocycles. The Morgan fingerprint density at radius 1 is 0.882 bits per heavy atom. The van der Waals surface area contributed by atoms with Gasteiger partial charge in [0.1, 0.15) is 0 Å². The summed E-state index contributed by atoms with van der Waals surface area (Å²) in [6, 6.07) is 13.2. The molecule has 0 aliphatic heterocycles. The summed E-state index contributed by atoms with van der Waals surface area (Å²) in [5, 5.41) is 1.10. The molecule has 0 fully saturated rings. The molecule has 17 heavy (non-hydrogen) atoms. The Hall–Kier alpha value is -1.38. The molecule has 0 heterocycles. The highest BCUT2D eigenvalue weighted by Gasteiger charge is 2.06. The van der Waals surface area contributed by atoms with Crippen LogP contribution < -0.4 is 10.6 Å². The second kappa shape index (κ2) is 4.86. The minimum atomic E-state index is 0.548. The molecule has 2 aromatic rings. The van der Waals surface area contributed by atoms with Crippen LogP contribution in [0.2, 0.25) is 10.0 Å². The van der Waals surface area contributed by atoms with Gasteiger partial charge in [0.25, 0.3) is 0 Å². The Bertz CT molecular complexity index is 523. The van der Waals surface area contributed by atoms with E-state index in [-0.39, 0.29) is 0 Å². The molecule has 2 N–H and O–H groups in total. The van der Waals surface area contributed by atoms with Crippen LogP contribution in [0.25, 0.3) is 0 Å². The van der Waals surface area contributed by atoms with Gasteiger partial charge in [0, 0.05) is 24.1 Å². The van der Waals surface area contributed by atoms with Crippen LogP contribution >= 0.6 is 23.2 Å². The van der Waals surface area contributed by atoms with Gasteiger partial charge in [-0.3, -0.25) is 0 Å². The average molecular weight is 267 g/mol. The molecule has 0 saturated heterocycles. The lowest BCUT2D eigenvalue weighted by atomic mass is 10.2. The lowest BCUT2D eigenvalue weighted by molar-refractivity contribution is 1.21. The molecular weight excluding hydrogens is 255 g/mol. The van der Waals surface area contributed by atoms with Crippen LogP contribution in [0.5, 0.6) is 0 Å². The van der Waals surface area contributed by atoms with Crippen LogP contribution in [0, 0.1) is 0 Å². The van der Waals surface area contributed by atoms with E-state index in [0.29, 0.717) is 10.0 Å². The maximum absolute atomic E-state index is 5.99. The number of nitrogen functional groups attached to an aromatic ring is 1. The summed E-state index contributed by atoms with van der Waals surface area (Å²) in [7, 11) is 1.96. The van der Waals surface area contributed by atoms with E-state index >= 15 is 0 Å². The molecule has 2 aromatic carbocycles. The van der Waals surface area contributed by atoms with E-state index in [1.807, 2.05) is 48.3 Å². The predicted octanol–water partition coefficient (Wildman–Crippen LogP) is 4.34. The Kier molecular flexibility index (Phi) is 3.46. The first-order valence-electron chi connectivity index (χ1n) is 5.12. The van der Waals surface area contributed by atoms with Crippen molar-refractivity contribution >= 4 is 40.3 Å². The van der Waals surface area contributed by atoms with Crippen LogP contribution in [-0.4, -0.2) is 7.05 Å². The number of hydrogen-bond acceptors (Lipinski definition) is 2. The van der Waals surface area contributed by atoms with Crippen molar-refractivity contribution in [1.29, 1.82) is 0 Å². The molecule has 0 unspecified atom stereocenters. The molecule has 0 atom stereocenters. The van der Waals surface area contributed by atoms with Gasteiger partial charge in [-0.25, -0.2) is 0 Å². The Morgan fingerprint density at radius 2 is 1.47 bits per heavy atom. The zero-order valence-electron chi connectivity index (χ0n) is 9.32. The molecule has 4 heteroatoms. The number of halogens is 2. The van der Waals surface area contributed by atoms with Gasteiger partial charge in [0.2, 0.25) is 0 Å². The molecule has 0 aromatic heterocycles. The van der Waals surface area contributed by atoms with Gasteiger partial charge in [-0.15, -0.1) is 0 Å². The molecule has 0 radical (unpaired) electrons. The van der Waals surface area contributed by atoms with E-state index in [2.05, 4.69) is 0 Å². The van der Waals surface area contributed by atoms with Crippen molar-refractivity contribution < 1.29 is 0 Å². The monoisotopic (exact) mass is 266 g/mol. The third kappa shape index (κ3) is 2.65. The normalized spacial score (nSPS) is 10.3. The summed E-state index contributed by atoms with van der Waals surface area (Å²) in [4.78, 5) is 2.02. The second-order valence-corrected chi connectivity index (χ2v) is 4.56. The highest BCUT2D eigenvalue weighted by atomic mass is 35.5. The van der Waals surface area contributed by atoms with Gasteiger partial charge in [0.15, 0.2) is 0 Å². The highest BCUT2D eigenvalue weighted by molar-refractivity contribution is 6.42. The zero-order chi connectivity index (χ0) is 12.4. The summed E-state index contributed by atoms with van der Waals surface area (Å²) in [6.07, 6.45) is 0. The minimum Gasteiger partial charge on any atom is -0.399 e. The lowest BCUT2D eigenvalue weighted by Gasteiger charge is -2.20. The van der Waals surface area contributed by atoms with Crippen LogP contribution in [-0.2, 0) is 0 Å². The van der Waals surface area contributed by atoms with E-state index in [1.165, 1.54) is 0 Å². The van der Waals surface area contributed by atoms with Crippen molar-refractivity contribution in [3.63, 3.8) is 0 Å². The Balaban J connectivity index is 2.33. The molecule has 0 aliphatic rings. The van der Waals surface area contributed by atoms with Gasteiger partial charge in [0.05, 0.1) is 10.0 Å². The molecule has 2 nitrogen and oxygen atoms in total. The zero-order valence-corrected chi connectivity index (χ0v) is 10.8. The first-order valence-corrected chi connectivity index (χ1v) is 5.88. The van der Waals surface area contributed by atoms with Gasteiger partial charge in [-0.1, -0.05) is 23.2 Å². The second-order valence-electron chi connectivity index (χ2n) is 3.75. The van der Waals surface area contributed by atoms with Gasteiger partial charge < -0.3 is 10.6 Å². The van der Waals surface area contributed by atoms with Crippen LogP contribution in [0.4, 0.5) is 17.1 Å². The number of nitrogens with two attached hydrogens (primary N) is 1. The number of rotatable bonds is 2. The van der Waals surface area contributed by atoms with Crippen molar-refractivity contribution in [3.8, 4) is 0 Å². The number of hydrogen-bond donors (Lipinski definition) is 1. The third-order valence-electron chi connectivity index (χ3n) is 2.57. The largest absolute Gasteiger partial charge is 0.399 e. The van der Waals surface area contributed by atoms with Crippen molar-refractivity contribution in [1.82, 2.24) is 0 Å². The first-order chi connectivity index (χ1) is 8.08. The van der Waals surface area contributed by atoms with Crippen LogP contribution in [0.15, 0.2) is 42.5 Å². The molecule has 88 valence electrons. The third-order valence-corrected chi connectivity index (χ3v) is 3.31. The molecule has 0 aliphatic carbocycles. The maximum Gasteiger partial charge on any atom is 0.0613 e. The molecular formula is C13H12Cl2N2. The molecule has 2 rings (SSSR count). The summed E-state index contributed by atoms with van der Waals surface area (Å²) in [6.45, 7) is 0. The van der Waals surface area contributed by atoms with Gasteiger partial charge >= 0.3 is 0 Å². The highest BCUT2D eigenvalue weighted by Crippen LogP contribution is 2.30. The smallest absolute Gasteiger partial charge is 0.0613 e. The van der Waals surface area contributed by atoms with Crippen molar-refractivity contribution in [2.45, 2.75) is 0 Å². The van der Waals surface area contributed by atoms with Gasteiger partial charge in [-0.2, -0.15) is 0 Å². The Labute approximate surface area is 111 Å². The number of anilines is 3. The van der Waals surface area contributed by atoms with Crippen LogP contribution in [0.3, 0.4) is 0 Å². The van der Waals surface area contributed by atoms with Crippen molar-refractivity contribution in [2.75, 3.05) is 17.7 Å². The topological polar surface area (TPSA) is 29.3 Å². The van der Waals surface area contributed by atoms with E-state index in [9.17, 15) is 0 Å². The van der Waals surface area contributed by atoms with Crippen molar-refractivity contribution in [2.24, 2.45) is 0 Å². The van der Waals surface area contributed by atoms with E-state index in [4.69, 9.17) is 28.9 Å². The maximum atomic E-state index is 5.99. The number of benzene rings is 2. The first kappa shape index (κ1) is 12.1. The standard InChI is InChI=1S/C13H12Cl2N2/c1-17(10-4-2-9(16)3-5-10)11-6-7-12(14)13(15)8-11/h2-8H,16H2,1H3. The van der Waals surface area contributed by atoms with Gasteiger partial charge in [-0.05, 0) is 42.5 Å².